The van der Waals surface area contributed by atoms with Gasteiger partial charge in [-0.1, -0.05) is 6.42 Å². The molecule has 0 aromatic carbocycles. The highest BCUT2D eigenvalue weighted by Gasteiger charge is 2.11. The van der Waals surface area contributed by atoms with Crippen molar-refractivity contribution in [3.8, 4) is 0 Å². The van der Waals surface area contributed by atoms with Crippen LogP contribution in [0.2, 0.25) is 0 Å². The van der Waals surface area contributed by atoms with Gasteiger partial charge >= 0.3 is 0 Å². The van der Waals surface area contributed by atoms with Gasteiger partial charge in [-0.3, -0.25) is 4.79 Å². The number of carbonyl (C=O) groups excluding carboxylic acids is 1. The van der Waals surface area contributed by atoms with Gasteiger partial charge in [0.15, 0.2) is 0 Å². The lowest BCUT2D eigenvalue weighted by Crippen LogP contribution is -2.30. The first-order valence-corrected chi connectivity index (χ1v) is 4.90. The molecule has 0 aromatic heterocycles. The standard InChI is InChI=1S/C9H21N3O/c10-6-2-1-4-8(12)9(13)5-3-7-11/h8H,1-7,10-12H2/t8-/m0/s1. The fraction of sp³-hybridized carbons (Fsp3) is 0.889. The van der Waals surface area contributed by atoms with Gasteiger partial charge < -0.3 is 17.2 Å². The Hall–Kier alpha value is -0.450. The van der Waals surface area contributed by atoms with E-state index >= 15 is 0 Å². The number of nitrogens with two attached hydrogens (primary N) is 3. The number of carbonyl (C=O) groups is 1. The van der Waals surface area contributed by atoms with Gasteiger partial charge in [-0.05, 0) is 32.4 Å². The van der Waals surface area contributed by atoms with Crippen molar-refractivity contribution in [2.75, 3.05) is 13.1 Å². The smallest absolute Gasteiger partial charge is 0.149 e. The van der Waals surface area contributed by atoms with E-state index in [1.54, 1.807) is 0 Å². The van der Waals surface area contributed by atoms with Crippen LogP contribution in [0.5, 0.6) is 0 Å². The average Bonchev–Trinajstić information content (AvgIpc) is 2.14. The minimum Gasteiger partial charge on any atom is -0.330 e. The van der Waals surface area contributed by atoms with Crippen LogP contribution in [0, 0.1) is 0 Å². The average molecular weight is 187 g/mol. The summed E-state index contributed by atoms with van der Waals surface area (Å²) >= 11 is 0. The number of unbranched alkanes of at least 4 members (excludes halogenated alkanes) is 1. The Bertz CT molecular complexity index is 139. The van der Waals surface area contributed by atoms with E-state index in [-0.39, 0.29) is 11.8 Å². The van der Waals surface area contributed by atoms with E-state index in [4.69, 9.17) is 17.2 Å². The molecule has 0 bridgehead atoms. The van der Waals surface area contributed by atoms with Crippen LogP contribution in [0.4, 0.5) is 0 Å². The van der Waals surface area contributed by atoms with E-state index in [1.165, 1.54) is 0 Å². The van der Waals surface area contributed by atoms with E-state index in [0.717, 1.165) is 25.7 Å². The maximum Gasteiger partial charge on any atom is 0.149 e. The molecular weight excluding hydrogens is 166 g/mol. The molecule has 0 radical (unpaired) electrons. The zero-order valence-electron chi connectivity index (χ0n) is 8.17. The number of rotatable bonds is 8. The van der Waals surface area contributed by atoms with Crippen molar-refractivity contribution < 1.29 is 4.79 Å². The molecule has 0 saturated heterocycles. The maximum absolute atomic E-state index is 11.3. The third kappa shape index (κ3) is 6.69. The summed E-state index contributed by atoms with van der Waals surface area (Å²) in [6.45, 7) is 1.23. The third-order valence-electron chi connectivity index (χ3n) is 2.01. The van der Waals surface area contributed by atoms with Gasteiger partial charge in [0.2, 0.25) is 0 Å². The van der Waals surface area contributed by atoms with Gasteiger partial charge in [0.1, 0.15) is 5.78 Å². The van der Waals surface area contributed by atoms with Crippen molar-refractivity contribution in [2.45, 2.75) is 38.1 Å². The second-order valence-electron chi connectivity index (χ2n) is 3.25. The molecule has 0 aliphatic carbocycles. The summed E-state index contributed by atoms with van der Waals surface area (Å²) < 4.78 is 0. The highest BCUT2D eigenvalue weighted by Crippen LogP contribution is 2.02. The molecule has 0 aromatic rings. The SMILES string of the molecule is NCCCC[C@H](N)C(=O)CCCN. The molecule has 0 fully saturated rings. The predicted octanol–water partition coefficient (Wildman–Crippen LogP) is -0.249. The molecule has 4 heteroatoms. The molecule has 0 aliphatic rings. The normalized spacial score (nSPS) is 12.8. The molecule has 0 heterocycles. The van der Waals surface area contributed by atoms with Gasteiger partial charge in [0.25, 0.3) is 0 Å². The summed E-state index contributed by atoms with van der Waals surface area (Å²) in [5, 5.41) is 0. The van der Waals surface area contributed by atoms with Crippen LogP contribution in [0.1, 0.15) is 32.1 Å². The number of hydrogen-bond acceptors (Lipinski definition) is 4. The van der Waals surface area contributed by atoms with E-state index in [9.17, 15) is 4.79 Å². The van der Waals surface area contributed by atoms with Crippen molar-refractivity contribution >= 4 is 5.78 Å². The van der Waals surface area contributed by atoms with Crippen molar-refractivity contribution in [3.05, 3.63) is 0 Å². The molecular formula is C9H21N3O. The molecule has 6 N–H and O–H groups in total. The first kappa shape index (κ1) is 12.6. The van der Waals surface area contributed by atoms with Gasteiger partial charge in [0.05, 0.1) is 6.04 Å². The summed E-state index contributed by atoms with van der Waals surface area (Å²) in [6, 6.07) is -0.307. The Labute approximate surface area is 79.8 Å². The zero-order chi connectivity index (χ0) is 10.1. The summed E-state index contributed by atoms with van der Waals surface area (Å²) in [6.07, 6.45) is 3.88. The molecule has 0 spiro atoms. The first-order chi connectivity index (χ1) is 6.22. The van der Waals surface area contributed by atoms with Crippen LogP contribution >= 0.6 is 0 Å². The summed E-state index contributed by atoms with van der Waals surface area (Å²) in [5.41, 5.74) is 16.3. The minimum atomic E-state index is -0.307. The van der Waals surface area contributed by atoms with Crippen molar-refractivity contribution in [2.24, 2.45) is 17.2 Å². The lowest BCUT2D eigenvalue weighted by molar-refractivity contribution is -0.120. The monoisotopic (exact) mass is 187 g/mol. The topological polar surface area (TPSA) is 95.1 Å². The fourth-order valence-electron chi connectivity index (χ4n) is 1.13. The molecule has 78 valence electrons. The largest absolute Gasteiger partial charge is 0.330 e. The Kier molecular flexibility index (Phi) is 7.88. The molecule has 0 amide bonds. The van der Waals surface area contributed by atoms with Crippen molar-refractivity contribution in [1.82, 2.24) is 0 Å². The molecule has 1 atom stereocenters. The van der Waals surface area contributed by atoms with Gasteiger partial charge in [0, 0.05) is 6.42 Å². The summed E-state index contributed by atoms with van der Waals surface area (Å²) in [5.74, 6) is 0.127. The Balaban J connectivity index is 3.45. The quantitative estimate of drug-likeness (QED) is 0.457. The molecule has 0 unspecified atom stereocenters. The Morgan fingerprint density at radius 3 is 2.23 bits per heavy atom. The van der Waals surface area contributed by atoms with Crippen molar-refractivity contribution in [1.29, 1.82) is 0 Å². The van der Waals surface area contributed by atoms with E-state index in [1.807, 2.05) is 0 Å². The summed E-state index contributed by atoms with van der Waals surface area (Å²) in [4.78, 5) is 11.3. The molecule has 0 aliphatic heterocycles. The molecule has 0 saturated carbocycles. The number of ketones is 1. The van der Waals surface area contributed by atoms with Crippen LogP contribution in [0.15, 0.2) is 0 Å². The van der Waals surface area contributed by atoms with E-state index < -0.39 is 0 Å². The minimum absolute atomic E-state index is 0.127. The van der Waals surface area contributed by atoms with E-state index in [0.29, 0.717) is 19.5 Å². The highest BCUT2D eigenvalue weighted by atomic mass is 16.1. The van der Waals surface area contributed by atoms with E-state index in [2.05, 4.69) is 0 Å². The first-order valence-electron chi connectivity index (χ1n) is 4.90. The van der Waals surface area contributed by atoms with Crippen LogP contribution < -0.4 is 17.2 Å². The highest BCUT2D eigenvalue weighted by molar-refractivity contribution is 5.83. The molecule has 4 nitrogen and oxygen atoms in total. The van der Waals surface area contributed by atoms with Crippen LogP contribution in [-0.4, -0.2) is 24.9 Å². The Morgan fingerprint density at radius 1 is 1.08 bits per heavy atom. The van der Waals surface area contributed by atoms with Gasteiger partial charge in [-0.15, -0.1) is 0 Å². The fourth-order valence-corrected chi connectivity index (χ4v) is 1.13. The zero-order valence-corrected chi connectivity index (χ0v) is 8.17. The summed E-state index contributed by atoms with van der Waals surface area (Å²) in [7, 11) is 0. The lowest BCUT2D eigenvalue weighted by Gasteiger charge is -2.09. The van der Waals surface area contributed by atoms with Gasteiger partial charge in [-0.2, -0.15) is 0 Å². The molecule has 0 rings (SSSR count). The van der Waals surface area contributed by atoms with Crippen LogP contribution in [0.3, 0.4) is 0 Å². The predicted molar refractivity (Wildman–Crippen MR) is 54.2 cm³/mol. The maximum atomic E-state index is 11.3. The lowest BCUT2D eigenvalue weighted by atomic mass is 10.0. The third-order valence-corrected chi connectivity index (χ3v) is 2.01. The number of Topliss-reactive ketones (excluding diaryl/α,β-unsaturated/α-hetero) is 1. The number of hydrogen-bond donors (Lipinski definition) is 3. The van der Waals surface area contributed by atoms with Crippen LogP contribution in [-0.2, 0) is 4.79 Å². The Morgan fingerprint density at radius 2 is 1.69 bits per heavy atom. The second kappa shape index (κ2) is 8.16. The van der Waals surface area contributed by atoms with Crippen LogP contribution in [0.25, 0.3) is 0 Å². The van der Waals surface area contributed by atoms with Gasteiger partial charge in [-0.25, -0.2) is 0 Å². The second-order valence-corrected chi connectivity index (χ2v) is 3.25. The molecule has 13 heavy (non-hydrogen) atoms. The van der Waals surface area contributed by atoms with Crippen molar-refractivity contribution in [3.63, 3.8) is 0 Å².